The first kappa shape index (κ1) is 29.2. The number of hydrogen-bond acceptors (Lipinski definition) is 5. The van der Waals surface area contributed by atoms with Gasteiger partial charge in [-0.1, -0.05) is 44.9 Å². The van der Waals surface area contributed by atoms with Crippen molar-refractivity contribution in [2.45, 2.75) is 56.9 Å². The number of carbonyl (C=O) groups is 2. The van der Waals surface area contributed by atoms with Crippen LogP contribution in [0.5, 0.6) is 0 Å². The molecule has 0 N–H and O–H groups in total. The molecule has 0 saturated carbocycles. The van der Waals surface area contributed by atoms with Crippen LogP contribution in [0.25, 0.3) is 22.2 Å². The fraction of sp³-hybridized carbons (Fsp3) is 0.429. The number of nitroso groups, excluding NO2 is 1. The Morgan fingerprint density at radius 3 is 2.05 bits per heavy atom. The van der Waals surface area contributed by atoms with Crippen LogP contribution < -0.4 is 0 Å². The molecule has 0 radical (unpaired) electrons. The van der Waals surface area contributed by atoms with E-state index in [0.29, 0.717) is 5.52 Å². The molecule has 9 nitrogen and oxygen atoms in total. The highest BCUT2D eigenvalue weighted by molar-refractivity contribution is 7.89. The molecule has 204 valence electrons. The lowest BCUT2D eigenvalue weighted by atomic mass is 9.86. The lowest BCUT2D eigenvalue weighted by Crippen LogP contribution is -2.26. The van der Waals surface area contributed by atoms with E-state index in [-0.39, 0.29) is 28.8 Å². The molecule has 0 aliphatic heterocycles. The van der Waals surface area contributed by atoms with Gasteiger partial charge in [0.2, 0.25) is 15.9 Å². The second-order valence-electron chi connectivity index (χ2n) is 9.85. The molecular weight excluding hydrogens is 504 g/mol. The minimum atomic E-state index is -3.61. The molecule has 0 bridgehead atoms. The largest absolute Gasteiger partial charge is 0.347 e. The smallest absolute Gasteiger partial charge is 0.316 e. The monoisotopic (exact) mass is 540 g/mol. The van der Waals surface area contributed by atoms with Crippen molar-refractivity contribution in [2.75, 3.05) is 28.2 Å². The van der Waals surface area contributed by atoms with Crippen molar-refractivity contribution in [1.29, 1.82) is 0 Å². The highest BCUT2D eigenvalue weighted by Gasteiger charge is 2.27. The standard InChI is InChI=1S/C28H36N4O5S/c1-7-9-19(10-8-2)26-23-16-13-21(28(34)29-35)17-24(23)32(18-25(33)30(3)4)27(26)20-11-14-22(15-12-20)38(36,37)31(5)6/h11-17,19H,7-10,18H2,1-6H3. The number of nitrogens with zero attached hydrogens (tertiary/aromatic N) is 4. The van der Waals surface area contributed by atoms with Gasteiger partial charge in [0.1, 0.15) is 6.54 Å². The van der Waals surface area contributed by atoms with Crippen LogP contribution in [0.1, 0.15) is 61.4 Å². The van der Waals surface area contributed by atoms with Crippen LogP contribution in [0.4, 0.5) is 0 Å². The number of benzene rings is 2. The summed E-state index contributed by atoms with van der Waals surface area (Å²) in [5.74, 6) is -0.845. The molecule has 0 saturated heterocycles. The van der Waals surface area contributed by atoms with Crippen molar-refractivity contribution in [1.82, 2.24) is 13.8 Å². The van der Waals surface area contributed by atoms with Crippen LogP contribution in [-0.4, -0.2) is 62.2 Å². The average molecular weight is 541 g/mol. The molecule has 1 aromatic heterocycles. The first-order chi connectivity index (χ1) is 18.0. The van der Waals surface area contributed by atoms with Gasteiger partial charge in [-0.15, -0.1) is 4.91 Å². The van der Waals surface area contributed by atoms with Gasteiger partial charge in [-0.05, 0) is 54.2 Å². The Morgan fingerprint density at radius 2 is 1.55 bits per heavy atom. The van der Waals surface area contributed by atoms with Gasteiger partial charge in [-0.25, -0.2) is 12.7 Å². The van der Waals surface area contributed by atoms with E-state index in [1.54, 1.807) is 50.5 Å². The first-order valence-corrected chi connectivity index (χ1v) is 14.2. The highest BCUT2D eigenvalue weighted by atomic mass is 32.2. The molecular formula is C28H36N4O5S. The SMILES string of the molecule is CCCC(CCC)c1c(-c2ccc(S(=O)(=O)N(C)C)cc2)n(CC(=O)N(C)C)c2cc(C(=O)N=O)ccc12. The Kier molecular flexibility index (Phi) is 9.22. The molecule has 0 unspecified atom stereocenters. The Bertz CT molecular complexity index is 1430. The third kappa shape index (κ3) is 5.71. The van der Waals surface area contributed by atoms with Crippen molar-refractivity contribution in [2.24, 2.45) is 5.18 Å². The van der Waals surface area contributed by atoms with Crippen LogP contribution in [0, 0.1) is 4.91 Å². The minimum absolute atomic E-state index is 0.00765. The minimum Gasteiger partial charge on any atom is -0.347 e. The number of amides is 2. The summed E-state index contributed by atoms with van der Waals surface area (Å²) in [5.41, 5.74) is 3.42. The van der Waals surface area contributed by atoms with E-state index in [1.165, 1.54) is 19.0 Å². The van der Waals surface area contributed by atoms with E-state index in [0.717, 1.165) is 52.2 Å². The van der Waals surface area contributed by atoms with Gasteiger partial charge < -0.3 is 9.47 Å². The zero-order valence-corrected chi connectivity index (χ0v) is 23.7. The topological polar surface area (TPSA) is 109 Å². The van der Waals surface area contributed by atoms with Crippen molar-refractivity contribution < 1.29 is 18.0 Å². The molecule has 0 aliphatic carbocycles. The molecule has 0 fully saturated rings. The maximum absolute atomic E-state index is 13.0. The summed E-state index contributed by atoms with van der Waals surface area (Å²) in [6.45, 7) is 4.27. The van der Waals surface area contributed by atoms with E-state index in [9.17, 15) is 22.9 Å². The molecule has 2 aromatic carbocycles. The predicted molar refractivity (Wildman–Crippen MR) is 150 cm³/mol. The number of carbonyl (C=O) groups excluding carboxylic acids is 2. The average Bonchev–Trinajstić information content (AvgIpc) is 3.20. The van der Waals surface area contributed by atoms with Crippen molar-refractivity contribution in [3.8, 4) is 11.3 Å². The third-order valence-electron chi connectivity index (χ3n) is 6.81. The van der Waals surface area contributed by atoms with Crippen molar-refractivity contribution in [3.05, 3.63) is 58.5 Å². The predicted octanol–water partition coefficient (Wildman–Crippen LogP) is 5.24. The lowest BCUT2D eigenvalue weighted by Gasteiger charge is -2.20. The summed E-state index contributed by atoms with van der Waals surface area (Å²) in [6, 6.07) is 11.7. The van der Waals surface area contributed by atoms with Crippen LogP contribution in [0.3, 0.4) is 0 Å². The molecule has 38 heavy (non-hydrogen) atoms. The van der Waals surface area contributed by atoms with E-state index in [4.69, 9.17) is 0 Å². The highest BCUT2D eigenvalue weighted by Crippen LogP contribution is 2.42. The van der Waals surface area contributed by atoms with E-state index >= 15 is 0 Å². The van der Waals surface area contributed by atoms with Gasteiger partial charge in [0.25, 0.3) is 0 Å². The summed E-state index contributed by atoms with van der Waals surface area (Å²) >= 11 is 0. The number of fused-ring (bicyclic) bond motifs is 1. The van der Waals surface area contributed by atoms with Crippen molar-refractivity contribution in [3.63, 3.8) is 0 Å². The van der Waals surface area contributed by atoms with Crippen LogP contribution in [0.2, 0.25) is 0 Å². The van der Waals surface area contributed by atoms with E-state index in [1.807, 2.05) is 10.6 Å². The summed E-state index contributed by atoms with van der Waals surface area (Å²) in [7, 11) is 2.71. The number of likely N-dealkylation sites (N-methyl/N-ethyl adjacent to an activating group) is 1. The second-order valence-corrected chi connectivity index (χ2v) is 12.0. The summed E-state index contributed by atoms with van der Waals surface area (Å²) in [5, 5.41) is 3.47. The number of hydrogen-bond donors (Lipinski definition) is 0. The molecule has 1 heterocycles. The Morgan fingerprint density at radius 1 is 0.947 bits per heavy atom. The molecule has 0 aliphatic rings. The Labute approximate surface area is 224 Å². The van der Waals surface area contributed by atoms with Gasteiger partial charge in [0.05, 0.1) is 16.1 Å². The summed E-state index contributed by atoms with van der Waals surface area (Å²) in [6.07, 6.45) is 3.76. The zero-order valence-electron chi connectivity index (χ0n) is 22.9. The lowest BCUT2D eigenvalue weighted by molar-refractivity contribution is -0.129. The summed E-state index contributed by atoms with van der Waals surface area (Å²) in [4.78, 5) is 37.8. The maximum Gasteiger partial charge on any atom is 0.316 e. The third-order valence-corrected chi connectivity index (χ3v) is 8.64. The normalized spacial score (nSPS) is 11.9. The van der Waals surface area contributed by atoms with E-state index < -0.39 is 15.9 Å². The van der Waals surface area contributed by atoms with Crippen molar-refractivity contribution >= 4 is 32.7 Å². The Balaban J connectivity index is 2.42. The fourth-order valence-electron chi connectivity index (χ4n) is 4.85. The zero-order chi connectivity index (χ0) is 28.2. The number of sulfonamides is 1. The quantitative estimate of drug-likeness (QED) is 0.309. The van der Waals surface area contributed by atoms with E-state index in [2.05, 4.69) is 19.0 Å². The van der Waals surface area contributed by atoms with Gasteiger partial charge in [-0.2, -0.15) is 0 Å². The molecule has 3 rings (SSSR count). The van der Waals surface area contributed by atoms with Crippen LogP contribution in [-0.2, 0) is 21.4 Å². The summed E-state index contributed by atoms with van der Waals surface area (Å²) < 4.78 is 28.4. The van der Waals surface area contributed by atoms with Gasteiger partial charge in [0.15, 0.2) is 0 Å². The Hall–Kier alpha value is -3.37. The second kappa shape index (κ2) is 12.0. The fourth-order valence-corrected chi connectivity index (χ4v) is 5.75. The molecule has 0 atom stereocenters. The molecule has 2 amide bonds. The number of aromatic nitrogens is 1. The van der Waals surface area contributed by atoms with Crippen LogP contribution in [0.15, 0.2) is 52.5 Å². The molecule has 10 heteroatoms. The molecule has 3 aromatic rings. The number of rotatable bonds is 11. The van der Waals surface area contributed by atoms with Gasteiger partial charge >= 0.3 is 5.91 Å². The first-order valence-electron chi connectivity index (χ1n) is 12.7. The van der Waals surface area contributed by atoms with Crippen LogP contribution >= 0.6 is 0 Å². The maximum atomic E-state index is 13.0. The van der Waals surface area contributed by atoms with Gasteiger partial charge in [-0.3, -0.25) is 9.59 Å². The van der Waals surface area contributed by atoms with Gasteiger partial charge in [0, 0.05) is 44.3 Å². The molecule has 0 spiro atoms.